The van der Waals surface area contributed by atoms with Gasteiger partial charge in [0.25, 0.3) is 0 Å². The van der Waals surface area contributed by atoms with E-state index in [1.165, 1.54) is 32.4 Å². The average molecular weight is 297 g/mol. The van der Waals surface area contributed by atoms with Crippen molar-refractivity contribution in [3.8, 4) is 0 Å². The molecule has 3 unspecified atom stereocenters. The molecular weight excluding hydrogens is 266 g/mol. The topological polar surface area (TPSA) is 55.8 Å². The summed E-state index contributed by atoms with van der Waals surface area (Å²) in [6, 6.07) is 0.775. The maximum Gasteiger partial charge on any atom is 0.323 e. The zero-order valence-corrected chi connectivity index (χ0v) is 13.8. The Balaban J connectivity index is 1.76. The normalized spacial score (nSPS) is 30.6. The van der Waals surface area contributed by atoms with E-state index in [0.717, 1.165) is 31.5 Å². The Hall–Kier alpha value is -0.650. The highest BCUT2D eigenvalue weighted by Gasteiger charge is 2.35. The van der Waals surface area contributed by atoms with Gasteiger partial charge in [-0.25, -0.2) is 0 Å². The number of carbonyl (C=O) groups is 1. The minimum Gasteiger partial charge on any atom is -0.480 e. The zero-order valence-electron chi connectivity index (χ0n) is 13.8. The van der Waals surface area contributed by atoms with E-state index in [1.54, 1.807) is 14.0 Å². The Bertz CT molecular complexity index is 363. The number of hydrogen-bond acceptors (Lipinski definition) is 4. The molecule has 2 saturated heterocycles. The molecule has 2 aliphatic heterocycles. The van der Waals surface area contributed by atoms with Crippen LogP contribution < -0.4 is 5.32 Å². The smallest absolute Gasteiger partial charge is 0.323 e. The first-order valence-electron chi connectivity index (χ1n) is 8.31. The number of fused-ring (bicyclic) bond motifs is 1. The van der Waals surface area contributed by atoms with Crippen LogP contribution in [0.15, 0.2) is 0 Å². The number of likely N-dealkylation sites (tertiary alicyclic amines) is 2. The molecular formula is C16H31N3O2. The van der Waals surface area contributed by atoms with Crippen molar-refractivity contribution < 1.29 is 9.90 Å². The molecule has 0 radical (unpaired) electrons. The van der Waals surface area contributed by atoms with Crippen molar-refractivity contribution in [1.29, 1.82) is 0 Å². The lowest BCUT2D eigenvalue weighted by Crippen LogP contribution is -2.53. The van der Waals surface area contributed by atoms with Gasteiger partial charge in [-0.3, -0.25) is 4.79 Å². The minimum absolute atomic E-state index is 0.684. The molecule has 0 amide bonds. The Kier molecular flexibility index (Phi) is 5.63. The zero-order chi connectivity index (χ0) is 15.5. The molecule has 5 nitrogen and oxygen atoms in total. The van der Waals surface area contributed by atoms with Crippen LogP contribution in [0, 0.1) is 5.92 Å². The average Bonchev–Trinajstić information content (AvgIpc) is 2.47. The van der Waals surface area contributed by atoms with Crippen molar-refractivity contribution >= 4 is 5.97 Å². The molecule has 2 fully saturated rings. The number of hydrogen-bond donors (Lipinski definition) is 2. The molecule has 0 aromatic rings. The summed E-state index contributed by atoms with van der Waals surface area (Å²) in [4.78, 5) is 16.4. The third-order valence-electron chi connectivity index (χ3n) is 5.60. The van der Waals surface area contributed by atoms with Gasteiger partial charge >= 0.3 is 5.97 Å². The van der Waals surface area contributed by atoms with Gasteiger partial charge in [-0.2, -0.15) is 0 Å². The van der Waals surface area contributed by atoms with Crippen LogP contribution in [0.25, 0.3) is 0 Å². The first-order valence-corrected chi connectivity index (χ1v) is 8.31. The fraction of sp³-hybridized carbons (Fsp3) is 0.938. The van der Waals surface area contributed by atoms with Crippen LogP contribution in [0.3, 0.4) is 0 Å². The van der Waals surface area contributed by atoms with Crippen molar-refractivity contribution in [1.82, 2.24) is 15.1 Å². The van der Waals surface area contributed by atoms with Crippen LogP contribution in [0.1, 0.15) is 39.0 Å². The van der Waals surface area contributed by atoms with Crippen LogP contribution in [0.4, 0.5) is 0 Å². The van der Waals surface area contributed by atoms with Crippen molar-refractivity contribution in [2.75, 3.05) is 40.3 Å². The van der Waals surface area contributed by atoms with Crippen LogP contribution >= 0.6 is 0 Å². The SMILES string of the molecule is CNC(C)(CCCN1CCC2C(CCCN2C)C1)C(=O)O. The highest BCUT2D eigenvalue weighted by Crippen LogP contribution is 2.29. The van der Waals surface area contributed by atoms with Crippen molar-refractivity contribution in [2.45, 2.75) is 50.6 Å². The monoisotopic (exact) mass is 297 g/mol. The first-order chi connectivity index (χ1) is 9.96. The summed E-state index contributed by atoms with van der Waals surface area (Å²) in [5, 5.41) is 12.2. The minimum atomic E-state index is -0.788. The van der Waals surface area contributed by atoms with E-state index < -0.39 is 11.5 Å². The predicted octanol–water partition coefficient (Wildman–Crippen LogP) is 1.25. The Morgan fingerprint density at radius 3 is 2.81 bits per heavy atom. The molecule has 2 aliphatic rings. The van der Waals surface area contributed by atoms with E-state index >= 15 is 0 Å². The van der Waals surface area contributed by atoms with Gasteiger partial charge in [-0.1, -0.05) is 0 Å². The van der Waals surface area contributed by atoms with Gasteiger partial charge in [0.15, 0.2) is 0 Å². The summed E-state index contributed by atoms with van der Waals surface area (Å²) in [5.74, 6) is 0.0604. The lowest BCUT2D eigenvalue weighted by atomic mass is 9.84. The number of nitrogens with zero attached hydrogens (tertiary/aromatic N) is 2. The van der Waals surface area contributed by atoms with Gasteiger partial charge in [-0.05, 0) is 78.7 Å². The quantitative estimate of drug-likeness (QED) is 0.773. The predicted molar refractivity (Wildman–Crippen MR) is 84.5 cm³/mol. The molecule has 2 N–H and O–H groups in total. The summed E-state index contributed by atoms with van der Waals surface area (Å²) >= 11 is 0. The molecule has 3 atom stereocenters. The van der Waals surface area contributed by atoms with Crippen molar-refractivity contribution in [2.24, 2.45) is 5.92 Å². The maximum atomic E-state index is 11.3. The number of piperidine rings is 2. The second-order valence-electron chi connectivity index (χ2n) is 7.03. The van der Waals surface area contributed by atoms with Gasteiger partial charge < -0.3 is 20.2 Å². The molecule has 2 heterocycles. The van der Waals surface area contributed by atoms with Crippen LogP contribution in [0.2, 0.25) is 0 Å². The highest BCUT2D eigenvalue weighted by molar-refractivity contribution is 5.78. The van der Waals surface area contributed by atoms with Crippen LogP contribution in [-0.4, -0.2) is 72.7 Å². The molecule has 0 saturated carbocycles. The Morgan fingerprint density at radius 1 is 1.38 bits per heavy atom. The summed E-state index contributed by atoms with van der Waals surface area (Å²) < 4.78 is 0. The number of rotatable bonds is 6. The number of carboxylic acids is 1. The maximum absolute atomic E-state index is 11.3. The summed E-state index contributed by atoms with van der Waals surface area (Å²) in [7, 11) is 4.00. The molecule has 2 rings (SSSR count). The molecule has 21 heavy (non-hydrogen) atoms. The second-order valence-corrected chi connectivity index (χ2v) is 7.03. The van der Waals surface area contributed by atoms with Gasteiger partial charge in [0.2, 0.25) is 0 Å². The van der Waals surface area contributed by atoms with E-state index in [0.29, 0.717) is 6.42 Å². The largest absolute Gasteiger partial charge is 0.480 e. The van der Waals surface area contributed by atoms with E-state index in [-0.39, 0.29) is 0 Å². The van der Waals surface area contributed by atoms with E-state index in [4.69, 9.17) is 0 Å². The molecule has 0 bridgehead atoms. The van der Waals surface area contributed by atoms with Crippen molar-refractivity contribution in [3.63, 3.8) is 0 Å². The molecule has 5 heteroatoms. The fourth-order valence-corrected chi connectivity index (χ4v) is 3.93. The Labute approximate surface area is 128 Å². The third kappa shape index (κ3) is 3.96. The number of aliphatic carboxylic acids is 1. The first kappa shape index (κ1) is 16.7. The van der Waals surface area contributed by atoms with Crippen molar-refractivity contribution in [3.05, 3.63) is 0 Å². The fourth-order valence-electron chi connectivity index (χ4n) is 3.93. The molecule has 0 aromatic heterocycles. The number of carboxylic acid groups (broad SMARTS) is 1. The van der Waals surface area contributed by atoms with Gasteiger partial charge in [-0.15, -0.1) is 0 Å². The molecule has 0 spiro atoms. The van der Waals surface area contributed by atoms with Gasteiger partial charge in [0.05, 0.1) is 0 Å². The van der Waals surface area contributed by atoms with Gasteiger partial charge in [0, 0.05) is 12.6 Å². The Morgan fingerprint density at radius 2 is 2.14 bits per heavy atom. The standard InChI is InChI=1S/C16H31N3O2/c1-16(17-2,15(20)21)8-5-10-19-11-7-14-13(12-19)6-4-9-18(14)3/h13-14,17H,4-12H2,1-3H3,(H,20,21). The third-order valence-corrected chi connectivity index (χ3v) is 5.60. The molecule has 0 aliphatic carbocycles. The van der Waals surface area contributed by atoms with E-state index in [9.17, 15) is 9.90 Å². The molecule has 122 valence electrons. The summed E-state index contributed by atoms with van der Waals surface area (Å²) in [6.45, 7) is 6.41. The number of likely N-dealkylation sites (N-methyl/N-ethyl adjacent to an activating group) is 1. The summed E-state index contributed by atoms with van der Waals surface area (Å²) in [5.41, 5.74) is -0.788. The van der Waals surface area contributed by atoms with E-state index in [2.05, 4.69) is 22.2 Å². The lowest BCUT2D eigenvalue weighted by molar-refractivity contribution is -0.144. The van der Waals surface area contributed by atoms with Crippen LogP contribution in [-0.2, 0) is 4.79 Å². The summed E-state index contributed by atoms with van der Waals surface area (Å²) in [6.07, 6.45) is 5.57. The highest BCUT2D eigenvalue weighted by atomic mass is 16.4. The molecule has 0 aromatic carbocycles. The lowest BCUT2D eigenvalue weighted by Gasteiger charge is -2.46. The van der Waals surface area contributed by atoms with Gasteiger partial charge in [0.1, 0.15) is 5.54 Å². The second kappa shape index (κ2) is 7.07. The van der Waals surface area contributed by atoms with E-state index in [1.807, 2.05) is 0 Å². The number of nitrogens with one attached hydrogen (secondary N) is 1. The van der Waals surface area contributed by atoms with Crippen LogP contribution in [0.5, 0.6) is 0 Å².